The molecule has 0 saturated heterocycles. The minimum absolute atomic E-state index is 0.0158. The molecule has 27 heavy (non-hydrogen) atoms. The molecule has 13 nitrogen and oxygen atoms in total. The van der Waals surface area contributed by atoms with Crippen LogP contribution in [0, 0.1) is 5.92 Å². The Bertz CT molecular complexity index is 701. The van der Waals surface area contributed by atoms with Crippen LogP contribution in [0.1, 0.15) is 37.0 Å². The quantitative estimate of drug-likeness (QED) is 0.243. The number of nitrogens with one attached hydrogen (secondary N) is 2. The summed E-state index contributed by atoms with van der Waals surface area (Å²) < 4.78 is 5.02. The van der Waals surface area contributed by atoms with Crippen LogP contribution in [0.5, 0.6) is 0 Å². The number of carbonyl (C=O) groups excluding carboxylic acids is 1. The normalized spacial score (nSPS) is 23.7. The first-order valence-corrected chi connectivity index (χ1v) is 8.04. The Morgan fingerprint density at radius 3 is 2.44 bits per heavy atom. The predicted molar refractivity (Wildman–Crippen MR) is 85.1 cm³/mol. The lowest BCUT2D eigenvalue weighted by atomic mass is 9.69. The number of carboxylic acids is 2. The van der Waals surface area contributed by atoms with Crippen LogP contribution >= 0.6 is 0 Å². The number of nitrogens with two attached hydrogens (primary N) is 1. The Labute approximate surface area is 152 Å². The molecule has 1 aliphatic carbocycles. The summed E-state index contributed by atoms with van der Waals surface area (Å²) in [6.07, 6.45) is 0.246. The number of urea groups is 1. The number of aliphatic hydroxyl groups is 2. The number of hydrogen-bond donors (Lipinski definition) is 7. The van der Waals surface area contributed by atoms with Gasteiger partial charge in [-0.15, -0.1) is 0 Å². The molecule has 13 heteroatoms. The fourth-order valence-electron chi connectivity index (χ4n) is 2.78. The van der Waals surface area contributed by atoms with E-state index in [4.69, 9.17) is 30.7 Å². The van der Waals surface area contributed by atoms with Crippen molar-refractivity contribution in [1.82, 2.24) is 20.8 Å². The van der Waals surface area contributed by atoms with Crippen molar-refractivity contribution in [2.75, 3.05) is 13.2 Å². The van der Waals surface area contributed by atoms with Crippen LogP contribution < -0.4 is 16.4 Å². The second-order valence-corrected chi connectivity index (χ2v) is 6.41. The molecule has 1 aliphatic rings. The monoisotopic (exact) mass is 387 g/mol. The number of aliphatic carboxylic acids is 2. The van der Waals surface area contributed by atoms with Crippen LogP contribution in [0.4, 0.5) is 4.79 Å². The van der Waals surface area contributed by atoms with E-state index in [1.54, 1.807) is 0 Å². The molecule has 1 heterocycles. The third-order valence-electron chi connectivity index (χ3n) is 4.22. The van der Waals surface area contributed by atoms with Gasteiger partial charge in [0.1, 0.15) is 6.04 Å². The summed E-state index contributed by atoms with van der Waals surface area (Å²) in [6, 6.07) is -3.84. The van der Waals surface area contributed by atoms with E-state index < -0.39 is 48.6 Å². The third-order valence-corrected chi connectivity index (χ3v) is 4.22. The van der Waals surface area contributed by atoms with Crippen molar-refractivity contribution in [2.24, 2.45) is 11.7 Å². The van der Waals surface area contributed by atoms with Gasteiger partial charge in [-0.3, -0.25) is 4.79 Å². The van der Waals surface area contributed by atoms with E-state index in [-0.39, 0.29) is 24.2 Å². The van der Waals surface area contributed by atoms with Crippen molar-refractivity contribution in [3.63, 3.8) is 0 Å². The fraction of sp³-hybridized carbons (Fsp3) is 0.643. The lowest BCUT2D eigenvalue weighted by Crippen LogP contribution is -2.51. The van der Waals surface area contributed by atoms with E-state index in [1.807, 2.05) is 5.32 Å². The summed E-state index contributed by atoms with van der Waals surface area (Å²) in [7, 11) is 0. The smallest absolute Gasteiger partial charge is 0.328 e. The highest BCUT2D eigenvalue weighted by Gasteiger charge is 2.46. The summed E-state index contributed by atoms with van der Waals surface area (Å²) >= 11 is 0. The molecule has 1 unspecified atom stereocenters. The molecule has 0 radical (unpaired) electrons. The molecule has 1 fully saturated rings. The van der Waals surface area contributed by atoms with E-state index in [1.165, 1.54) is 0 Å². The van der Waals surface area contributed by atoms with Crippen molar-refractivity contribution in [2.45, 2.75) is 36.9 Å². The van der Waals surface area contributed by atoms with E-state index in [2.05, 4.69) is 15.5 Å². The molecule has 2 rings (SSSR count). The molecule has 1 aromatic heterocycles. The minimum Gasteiger partial charge on any atom is -0.481 e. The summed E-state index contributed by atoms with van der Waals surface area (Å²) in [4.78, 5) is 37.9. The number of rotatable bonds is 9. The first-order chi connectivity index (χ1) is 12.7. The van der Waals surface area contributed by atoms with Gasteiger partial charge >= 0.3 is 18.0 Å². The highest BCUT2D eigenvalue weighted by molar-refractivity contribution is 5.83. The number of amides is 2. The largest absolute Gasteiger partial charge is 0.481 e. The molecule has 0 aliphatic heterocycles. The van der Waals surface area contributed by atoms with Gasteiger partial charge in [-0.1, -0.05) is 5.16 Å². The molecule has 0 bridgehead atoms. The fourth-order valence-corrected chi connectivity index (χ4v) is 2.78. The average Bonchev–Trinajstić information content (AvgIpc) is 3.06. The number of nitrogens with zero attached hydrogens (tertiary/aromatic N) is 2. The second kappa shape index (κ2) is 8.28. The van der Waals surface area contributed by atoms with E-state index in [0.29, 0.717) is 12.8 Å². The Kier molecular flexibility index (Phi) is 6.30. The van der Waals surface area contributed by atoms with Gasteiger partial charge in [0.05, 0.1) is 18.6 Å². The number of carbonyl (C=O) groups is 3. The highest BCUT2D eigenvalue weighted by Crippen LogP contribution is 2.42. The predicted octanol–water partition coefficient (Wildman–Crippen LogP) is -2.11. The van der Waals surface area contributed by atoms with Crippen LogP contribution in [-0.2, 0) is 15.1 Å². The molecule has 0 aromatic carbocycles. The third kappa shape index (κ3) is 4.90. The van der Waals surface area contributed by atoms with Gasteiger partial charge in [-0.05, 0) is 18.8 Å². The van der Waals surface area contributed by atoms with Crippen LogP contribution in [0.2, 0.25) is 0 Å². The van der Waals surface area contributed by atoms with Crippen LogP contribution in [-0.4, -0.2) is 67.8 Å². The zero-order valence-corrected chi connectivity index (χ0v) is 14.2. The van der Waals surface area contributed by atoms with Gasteiger partial charge in [-0.25, -0.2) is 9.59 Å². The molecule has 1 saturated carbocycles. The lowest BCUT2D eigenvalue weighted by Gasteiger charge is -2.41. The number of aromatic nitrogens is 2. The Balaban J connectivity index is 2.09. The molecule has 150 valence electrons. The first kappa shape index (κ1) is 20.5. The van der Waals surface area contributed by atoms with Gasteiger partial charge in [0, 0.05) is 6.61 Å². The van der Waals surface area contributed by atoms with Gasteiger partial charge < -0.3 is 41.3 Å². The Hall–Kier alpha value is -2.77. The van der Waals surface area contributed by atoms with Crippen molar-refractivity contribution in [3.8, 4) is 0 Å². The van der Waals surface area contributed by atoms with Gasteiger partial charge in [0.2, 0.25) is 5.89 Å². The van der Waals surface area contributed by atoms with Gasteiger partial charge in [0.25, 0.3) is 0 Å². The maximum atomic E-state index is 11.9. The zero-order valence-electron chi connectivity index (χ0n) is 14.2. The first-order valence-electron chi connectivity index (χ1n) is 8.04. The van der Waals surface area contributed by atoms with E-state index in [0.717, 1.165) is 0 Å². The van der Waals surface area contributed by atoms with Crippen LogP contribution in [0.3, 0.4) is 0 Å². The molecule has 8 N–H and O–H groups in total. The summed E-state index contributed by atoms with van der Waals surface area (Å²) in [5, 5.41) is 43.8. The average molecular weight is 387 g/mol. The van der Waals surface area contributed by atoms with E-state index >= 15 is 0 Å². The van der Waals surface area contributed by atoms with Crippen molar-refractivity contribution >= 4 is 18.0 Å². The topological polar surface area (TPSA) is 221 Å². The van der Waals surface area contributed by atoms with Gasteiger partial charge in [-0.2, -0.15) is 4.98 Å². The lowest BCUT2D eigenvalue weighted by molar-refractivity contribution is -0.140. The van der Waals surface area contributed by atoms with Crippen molar-refractivity contribution in [3.05, 3.63) is 11.7 Å². The molecule has 2 atom stereocenters. The summed E-state index contributed by atoms with van der Waals surface area (Å²) in [5.41, 5.74) is 5.21. The van der Waals surface area contributed by atoms with E-state index in [9.17, 15) is 14.4 Å². The zero-order chi connectivity index (χ0) is 20.2. The summed E-state index contributed by atoms with van der Waals surface area (Å²) in [5.74, 6) is -2.81. The number of hydrogen-bond acceptors (Lipinski definition) is 9. The summed E-state index contributed by atoms with van der Waals surface area (Å²) in [6.45, 7) is -0.874. The number of carboxylic acid groups (broad SMARTS) is 2. The molecule has 2 amide bonds. The van der Waals surface area contributed by atoms with Crippen molar-refractivity contribution < 1.29 is 39.3 Å². The maximum absolute atomic E-state index is 11.9. The maximum Gasteiger partial charge on any atom is 0.328 e. The molecule has 0 spiro atoms. The number of aliphatic hydroxyl groups excluding tert-OH is 2. The van der Waals surface area contributed by atoms with Crippen molar-refractivity contribution in [1.29, 1.82) is 0 Å². The minimum atomic E-state index is -1.56. The Morgan fingerprint density at radius 2 is 1.93 bits per heavy atom. The molecular formula is C14H21N5O8. The second-order valence-electron chi connectivity index (χ2n) is 6.41. The van der Waals surface area contributed by atoms with Crippen LogP contribution in [0.25, 0.3) is 0 Å². The highest BCUT2D eigenvalue weighted by atomic mass is 16.5. The molecule has 1 aromatic rings. The van der Waals surface area contributed by atoms with Gasteiger partial charge in [0.15, 0.2) is 11.9 Å². The standard InChI is InChI=1S/C14H21N5O8/c15-14(2-6(3-14)4-20)12-18-10(27-19-12)7(1-9(22)23)16-13(26)17-8(5-21)11(24)25/h6-8,20-21H,1-5,15H2,(H,22,23)(H,24,25)(H2,16,17,26)/t6?,7?,8-,14?/m0/s1. The van der Waals surface area contributed by atoms with Crippen LogP contribution in [0.15, 0.2) is 4.52 Å². The Morgan fingerprint density at radius 1 is 1.26 bits per heavy atom. The SMILES string of the molecule is NC1(c2noc(C(CC(=O)O)NC(=O)N[C@@H](CO)C(=O)O)n2)CC(CO)C1. The molecular weight excluding hydrogens is 366 g/mol.